The largest absolute Gasteiger partial charge is 0.448 e. The molecule has 26 heavy (non-hydrogen) atoms. The quantitative estimate of drug-likeness (QED) is 0.805. The molecule has 0 saturated heterocycles. The van der Waals surface area contributed by atoms with Crippen LogP contribution in [0.25, 0.3) is 0 Å². The maximum atomic E-state index is 13.6. The molecule has 138 valence electrons. The summed E-state index contributed by atoms with van der Waals surface area (Å²) in [5.74, 6) is -2.60. The number of benzene rings is 1. The fraction of sp³-hybridized carbons (Fsp3) is 0.368. The predicted octanol–water partition coefficient (Wildman–Crippen LogP) is 4.34. The van der Waals surface area contributed by atoms with Crippen molar-refractivity contribution in [2.45, 2.75) is 39.2 Å². The highest BCUT2D eigenvalue weighted by molar-refractivity contribution is 7.14. The second kappa shape index (κ2) is 7.53. The topological polar surface area (TPSA) is 55.4 Å². The zero-order chi connectivity index (χ0) is 18.8. The number of nitrogens with one attached hydrogen (secondary N) is 1. The van der Waals surface area contributed by atoms with Gasteiger partial charge in [-0.15, -0.1) is 11.3 Å². The van der Waals surface area contributed by atoms with E-state index in [4.69, 9.17) is 4.74 Å². The van der Waals surface area contributed by atoms with Crippen molar-refractivity contribution in [1.29, 1.82) is 0 Å². The van der Waals surface area contributed by atoms with Gasteiger partial charge >= 0.3 is 5.97 Å². The minimum atomic E-state index is -1.18. The Bertz CT molecular complexity index is 829. The molecule has 2 aromatic rings. The Morgan fingerprint density at radius 2 is 2.00 bits per heavy atom. The van der Waals surface area contributed by atoms with Crippen LogP contribution in [0.4, 0.5) is 14.5 Å². The van der Waals surface area contributed by atoms with Gasteiger partial charge in [0.15, 0.2) is 6.10 Å². The summed E-state index contributed by atoms with van der Waals surface area (Å²) in [6.07, 6.45) is 1.79. The van der Waals surface area contributed by atoms with Crippen molar-refractivity contribution in [3.05, 3.63) is 51.2 Å². The minimum Gasteiger partial charge on any atom is -0.448 e. The van der Waals surface area contributed by atoms with Crippen LogP contribution in [0.3, 0.4) is 0 Å². The van der Waals surface area contributed by atoms with Gasteiger partial charge in [-0.3, -0.25) is 4.79 Å². The van der Waals surface area contributed by atoms with E-state index in [-0.39, 0.29) is 0 Å². The number of hydrogen-bond donors (Lipinski definition) is 1. The average Bonchev–Trinajstić information content (AvgIpc) is 3.01. The summed E-state index contributed by atoms with van der Waals surface area (Å²) < 4.78 is 32.4. The van der Waals surface area contributed by atoms with E-state index in [0.29, 0.717) is 10.8 Å². The second-order valence-electron chi connectivity index (χ2n) is 6.54. The summed E-state index contributed by atoms with van der Waals surface area (Å²) in [5.41, 5.74) is 0.604. The number of amides is 1. The molecule has 0 radical (unpaired) electrons. The highest BCUT2D eigenvalue weighted by atomic mass is 32.1. The van der Waals surface area contributed by atoms with E-state index in [2.05, 4.69) is 12.2 Å². The maximum Gasteiger partial charge on any atom is 0.349 e. The monoisotopic (exact) mass is 379 g/mol. The number of thiophene rings is 1. The van der Waals surface area contributed by atoms with E-state index in [9.17, 15) is 18.4 Å². The number of para-hydroxylation sites is 1. The molecular formula is C19H19F2NO3S. The molecule has 0 bridgehead atoms. The molecule has 7 heteroatoms. The third-order valence-electron chi connectivity index (χ3n) is 4.39. The molecule has 1 heterocycles. The molecular weight excluding hydrogens is 360 g/mol. The number of rotatable bonds is 4. The summed E-state index contributed by atoms with van der Waals surface area (Å²) in [6.45, 7) is 3.54. The van der Waals surface area contributed by atoms with Gasteiger partial charge < -0.3 is 10.1 Å². The first-order chi connectivity index (χ1) is 12.3. The first kappa shape index (κ1) is 18.5. The third-order valence-corrected chi connectivity index (χ3v) is 5.61. The van der Waals surface area contributed by atoms with Crippen LogP contribution in [0, 0.1) is 17.6 Å². The zero-order valence-corrected chi connectivity index (χ0v) is 15.3. The van der Waals surface area contributed by atoms with Crippen molar-refractivity contribution in [2.24, 2.45) is 5.92 Å². The van der Waals surface area contributed by atoms with Crippen molar-refractivity contribution in [3.63, 3.8) is 0 Å². The molecule has 1 N–H and O–H groups in total. The van der Waals surface area contributed by atoms with Crippen molar-refractivity contribution in [2.75, 3.05) is 5.32 Å². The molecule has 4 nitrogen and oxygen atoms in total. The van der Waals surface area contributed by atoms with Gasteiger partial charge in [-0.05, 0) is 55.9 Å². The molecule has 3 rings (SSSR count). The van der Waals surface area contributed by atoms with Crippen LogP contribution in [0.5, 0.6) is 0 Å². The Balaban J connectivity index is 1.65. The summed E-state index contributed by atoms with van der Waals surface area (Å²) in [4.78, 5) is 26.0. The van der Waals surface area contributed by atoms with Gasteiger partial charge in [0.25, 0.3) is 5.91 Å². The number of carbonyl (C=O) groups excluding carboxylic acids is 2. The van der Waals surface area contributed by atoms with E-state index < -0.39 is 35.3 Å². The Kier molecular flexibility index (Phi) is 5.36. The number of aryl methyl sites for hydroxylation is 1. The van der Waals surface area contributed by atoms with Crippen LogP contribution in [0.2, 0.25) is 0 Å². The van der Waals surface area contributed by atoms with E-state index in [1.54, 1.807) is 0 Å². The number of fused-ring (bicyclic) bond motifs is 1. The smallest absolute Gasteiger partial charge is 0.349 e. The SMILES string of the molecule is C[C@H]1CCc2sc(C(=O)O[C@H](C)C(=O)Nc3c(F)cccc3F)cc2C1. The summed E-state index contributed by atoms with van der Waals surface area (Å²) in [7, 11) is 0. The summed E-state index contributed by atoms with van der Waals surface area (Å²) in [6, 6.07) is 5.08. The number of esters is 1. The lowest BCUT2D eigenvalue weighted by molar-refractivity contribution is -0.123. The predicted molar refractivity (Wildman–Crippen MR) is 95.4 cm³/mol. The molecule has 1 amide bonds. The van der Waals surface area contributed by atoms with E-state index in [1.807, 2.05) is 6.07 Å². The Hall–Kier alpha value is -2.28. The highest BCUT2D eigenvalue weighted by Crippen LogP contribution is 2.32. The first-order valence-corrected chi connectivity index (χ1v) is 9.24. The maximum absolute atomic E-state index is 13.6. The van der Waals surface area contributed by atoms with Crippen molar-refractivity contribution in [1.82, 2.24) is 0 Å². The second-order valence-corrected chi connectivity index (χ2v) is 7.68. The van der Waals surface area contributed by atoms with E-state index >= 15 is 0 Å². The number of halogens is 2. The molecule has 1 aliphatic carbocycles. The molecule has 0 spiro atoms. The van der Waals surface area contributed by atoms with Crippen LogP contribution in [-0.2, 0) is 22.4 Å². The first-order valence-electron chi connectivity index (χ1n) is 8.42. The molecule has 0 aliphatic heterocycles. The van der Waals surface area contributed by atoms with Crippen molar-refractivity contribution in [3.8, 4) is 0 Å². The number of carbonyl (C=O) groups is 2. The Morgan fingerprint density at radius 1 is 1.31 bits per heavy atom. The number of anilines is 1. The lowest BCUT2D eigenvalue weighted by atomic mass is 9.90. The lowest BCUT2D eigenvalue weighted by Crippen LogP contribution is -2.30. The molecule has 2 atom stereocenters. The molecule has 1 aliphatic rings. The van der Waals surface area contributed by atoms with Gasteiger partial charge in [-0.2, -0.15) is 0 Å². The van der Waals surface area contributed by atoms with Gasteiger partial charge in [0.1, 0.15) is 22.2 Å². The molecule has 0 saturated carbocycles. The average molecular weight is 379 g/mol. The van der Waals surface area contributed by atoms with Crippen LogP contribution >= 0.6 is 11.3 Å². The summed E-state index contributed by atoms with van der Waals surface area (Å²) in [5, 5.41) is 2.13. The highest BCUT2D eigenvalue weighted by Gasteiger charge is 2.25. The van der Waals surface area contributed by atoms with E-state index in [1.165, 1.54) is 29.2 Å². The summed E-state index contributed by atoms with van der Waals surface area (Å²) >= 11 is 1.38. The van der Waals surface area contributed by atoms with Gasteiger partial charge in [-0.1, -0.05) is 13.0 Å². The Morgan fingerprint density at radius 3 is 2.69 bits per heavy atom. The zero-order valence-electron chi connectivity index (χ0n) is 14.5. The molecule has 1 aromatic heterocycles. The van der Waals surface area contributed by atoms with Crippen molar-refractivity contribution >= 4 is 28.9 Å². The van der Waals surface area contributed by atoms with E-state index in [0.717, 1.165) is 37.0 Å². The third kappa shape index (κ3) is 3.93. The Labute approximate surface area is 154 Å². The van der Waals surface area contributed by atoms with Crippen LogP contribution in [0.1, 0.15) is 40.4 Å². The van der Waals surface area contributed by atoms with Gasteiger partial charge in [0.2, 0.25) is 0 Å². The minimum absolute atomic E-state index is 0.445. The molecule has 0 unspecified atom stereocenters. The van der Waals surface area contributed by atoms with Gasteiger partial charge in [0.05, 0.1) is 0 Å². The van der Waals surface area contributed by atoms with Crippen LogP contribution in [0.15, 0.2) is 24.3 Å². The molecule has 0 fully saturated rings. The van der Waals surface area contributed by atoms with Gasteiger partial charge in [-0.25, -0.2) is 13.6 Å². The number of ether oxygens (including phenoxy) is 1. The van der Waals surface area contributed by atoms with Crippen molar-refractivity contribution < 1.29 is 23.1 Å². The molecule has 1 aromatic carbocycles. The number of hydrogen-bond acceptors (Lipinski definition) is 4. The van der Waals surface area contributed by atoms with Gasteiger partial charge in [0, 0.05) is 4.88 Å². The standard InChI is InChI=1S/C19H19F2NO3S/c1-10-6-7-15-12(8-10)9-16(26-15)19(24)25-11(2)18(23)22-17-13(20)4-3-5-14(17)21/h3-5,9-11H,6-8H2,1-2H3,(H,22,23)/t10-,11+/m0/s1. The van der Waals surface area contributed by atoms with Crippen LogP contribution in [-0.4, -0.2) is 18.0 Å². The fourth-order valence-electron chi connectivity index (χ4n) is 2.92. The van der Waals surface area contributed by atoms with Crippen LogP contribution < -0.4 is 5.32 Å². The lowest BCUT2D eigenvalue weighted by Gasteiger charge is -2.16. The fourth-order valence-corrected chi connectivity index (χ4v) is 4.01. The normalized spacial score (nSPS) is 17.3.